The highest BCUT2D eigenvalue weighted by Gasteiger charge is 2.20. The fourth-order valence-corrected chi connectivity index (χ4v) is 2.32. The molecule has 3 N–H and O–H groups in total. The van der Waals surface area contributed by atoms with Gasteiger partial charge in [0.25, 0.3) is 0 Å². The highest BCUT2D eigenvalue weighted by Crippen LogP contribution is 2.19. The zero-order valence-electron chi connectivity index (χ0n) is 11.5. The standard InChI is InChI=1S/C14H22ClFN2O/c1-3-5-14(19-4-2)13(18-17)9-10-6-7-12(16)11(15)8-10/h6-8,13-14,18H,3-5,9,17H2,1-2H3. The summed E-state index contributed by atoms with van der Waals surface area (Å²) in [6.45, 7) is 4.71. The minimum atomic E-state index is -0.405. The molecule has 0 saturated heterocycles. The topological polar surface area (TPSA) is 47.3 Å². The summed E-state index contributed by atoms with van der Waals surface area (Å²) in [5.74, 6) is 5.21. The summed E-state index contributed by atoms with van der Waals surface area (Å²) in [5.41, 5.74) is 3.73. The van der Waals surface area contributed by atoms with E-state index in [1.165, 1.54) is 6.07 Å². The van der Waals surface area contributed by atoms with Crippen LogP contribution in [0.3, 0.4) is 0 Å². The van der Waals surface area contributed by atoms with Gasteiger partial charge in [-0.3, -0.25) is 11.3 Å². The van der Waals surface area contributed by atoms with Gasteiger partial charge in [0, 0.05) is 6.61 Å². The number of hydrogen-bond acceptors (Lipinski definition) is 3. The van der Waals surface area contributed by atoms with Gasteiger partial charge in [0.05, 0.1) is 17.2 Å². The molecule has 0 radical (unpaired) electrons. The van der Waals surface area contributed by atoms with Crippen LogP contribution in [0.1, 0.15) is 32.3 Å². The first-order chi connectivity index (χ1) is 9.12. The van der Waals surface area contributed by atoms with E-state index in [1.54, 1.807) is 12.1 Å². The number of hydrazine groups is 1. The first-order valence-electron chi connectivity index (χ1n) is 6.64. The van der Waals surface area contributed by atoms with Crippen molar-refractivity contribution in [1.82, 2.24) is 5.43 Å². The smallest absolute Gasteiger partial charge is 0.141 e. The molecule has 3 nitrogen and oxygen atoms in total. The van der Waals surface area contributed by atoms with Crippen LogP contribution < -0.4 is 11.3 Å². The van der Waals surface area contributed by atoms with E-state index >= 15 is 0 Å². The van der Waals surface area contributed by atoms with E-state index in [2.05, 4.69) is 12.3 Å². The number of hydrogen-bond donors (Lipinski definition) is 2. The molecule has 5 heteroatoms. The van der Waals surface area contributed by atoms with Crippen molar-refractivity contribution >= 4 is 11.6 Å². The molecule has 0 bridgehead atoms. The molecule has 1 aromatic rings. The van der Waals surface area contributed by atoms with Gasteiger partial charge in [0.15, 0.2) is 0 Å². The lowest BCUT2D eigenvalue weighted by Crippen LogP contribution is -2.46. The van der Waals surface area contributed by atoms with Crippen molar-refractivity contribution in [2.24, 2.45) is 5.84 Å². The van der Waals surface area contributed by atoms with Crippen molar-refractivity contribution in [3.8, 4) is 0 Å². The molecule has 0 aliphatic heterocycles. The van der Waals surface area contributed by atoms with Crippen LogP contribution in [0.4, 0.5) is 4.39 Å². The molecule has 1 aromatic carbocycles. The second kappa shape index (κ2) is 8.48. The molecule has 2 atom stereocenters. The van der Waals surface area contributed by atoms with Gasteiger partial charge < -0.3 is 4.74 Å². The summed E-state index contributed by atoms with van der Waals surface area (Å²) in [5, 5.41) is 0.136. The van der Waals surface area contributed by atoms with Crippen molar-refractivity contribution in [3.05, 3.63) is 34.6 Å². The van der Waals surface area contributed by atoms with Crippen molar-refractivity contribution in [2.75, 3.05) is 6.61 Å². The predicted molar refractivity (Wildman–Crippen MR) is 76.5 cm³/mol. The van der Waals surface area contributed by atoms with E-state index in [9.17, 15) is 4.39 Å². The van der Waals surface area contributed by atoms with Gasteiger partial charge in [0.2, 0.25) is 0 Å². The SMILES string of the molecule is CCCC(OCC)C(Cc1ccc(F)c(Cl)c1)NN. The van der Waals surface area contributed by atoms with E-state index < -0.39 is 5.82 Å². The number of halogens is 2. The van der Waals surface area contributed by atoms with Gasteiger partial charge in [-0.2, -0.15) is 0 Å². The summed E-state index contributed by atoms with van der Waals surface area (Å²) in [4.78, 5) is 0. The minimum absolute atomic E-state index is 0.0126. The summed E-state index contributed by atoms with van der Waals surface area (Å²) in [6.07, 6.45) is 2.65. The van der Waals surface area contributed by atoms with E-state index in [-0.39, 0.29) is 17.2 Å². The van der Waals surface area contributed by atoms with Crippen LogP contribution in [0.2, 0.25) is 5.02 Å². The Kier molecular flexibility index (Phi) is 7.31. The lowest BCUT2D eigenvalue weighted by Gasteiger charge is -2.26. The highest BCUT2D eigenvalue weighted by molar-refractivity contribution is 6.30. The molecule has 0 saturated carbocycles. The van der Waals surface area contributed by atoms with Crippen LogP contribution >= 0.6 is 11.6 Å². The highest BCUT2D eigenvalue weighted by atomic mass is 35.5. The lowest BCUT2D eigenvalue weighted by atomic mass is 9.98. The molecule has 0 aromatic heterocycles. The molecule has 0 heterocycles. The van der Waals surface area contributed by atoms with Gasteiger partial charge in [-0.05, 0) is 37.5 Å². The first kappa shape index (κ1) is 16.4. The predicted octanol–water partition coefficient (Wildman–Crippen LogP) is 3.06. The average molecular weight is 289 g/mol. The Balaban J connectivity index is 2.75. The van der Waals surface area contributed by atoms with Crippen molar-refractivity contribution in [3.63, 3.8) is 0 Å². The Morgan fingerprint density at radius 1 is 1.42 bits per heavy atom. The van der Waals surface area contributed by atoms with Crippen molar-refractivity contribution in [2.45, 2.75) is 45.3 Å². The molecule has 0 fully saturated rings. The number of nitrogens with two attached hydrogens (primary N) is 1. The van der Waals surface area contributed by atoms with E-state index in [1.807, 2.05) is 6.92 Å². The first-order valence-corrected chi connectivity index (χ1v) is 7.01. The second-order valence-corrected chi connectivity index (χ2v) is 4.92. The van der Waals surface area contributed by atoms with Crippen LogP contribution in [0.15, 0.2) is 18.2 Å². The molecular formula is C14H22ClFN2O. The maximum absolute atomic E-state index is 13.1. The van der Waals surface area contributed by atoms with Gasteiger partial charge in [0.1, 0.15) is 5.82 Å². The van der Waals surface area contributed by atoms with Crippen LogP contribution in [0.25, 0.3) is 0 Å². The fourth-order valence-electron chi connectivity index (χ4n) is 2.12. The van der Waals surface area contributed by atoms with Crippen LogP contribution in [0.5, 0.6) is 0 Å². The molecule has 108 valence electrons. The number of nitrogens with one attached hydrogen (secondary N) is 1. The molecule has 1 rings (SSSR count). The molecule has 0 aliphatic carbocycles. The monoisotopic (exact) mass is 288 g/mol. The van der Waals surface area contributed by atoms with Gasteiger partial charge in [-0.15, -0.1) is 0 Å². The summed E-state index contributed by atoms with van der Waals surface area (Å²) in [6, 6.07) is 4.72. The summed E-state index contributed by atoms with van der Waals surface area (Å²) >= 11 is 5.78. The van der Waals surface area contributed by atoms with Crippen LogP contribution in [0, 0.1) is 5.82 Å². The Labute approximate surface area is 119 Å². The Bertz CT molecular complexity index is 384. The number of benzene rings is 1. The molecule has 0 amide bonds. The van der Waals surface area contributed by atoms with Crippen LogP contribution in [-0.2, 0) is 11.2 Å². The van der Waals surface area contributed by atoms with Crippen molar-refractivity contribution in [1.29, 1.82) is 0 Å². The Morgan fingerprint density at radius 2 is 2.16 bits per heavy atom. The quantitative estimate of drug-likeness (QED) is 0.571. The largest absolute Gasteiger partial charge is 0.377 e. The lowest BCUT2D eigenvalue weighted by molar-refractivity contribution is 0.0281. The number of rotatable bonds is 8. The normalized spacial score (nSPS) is 14.4. The minimum Gasteiger partial charge on any atom is -0.377 e. The van der Waals surface area contributed by atoms with Gasteiger partial charge in [-0.1, -0.05) is 31.0 Å². The zero-order valence-corrected chi connectivity index (χ0v) is 12.2. The maximum Gasteiger partial charge on any atom is 0.141 e. The van der Waals surface area contributed by atoms with Crippen LogP contribution in [-0.4, -0.2) is 18.8 Å². The Hall–Kier alpha value is -0.680. The Morgan fingerprint density at radius 3 is 2.68 bits per heavy atom. The molecule has 19 heavy (non-hydrogen) atoms. The van der Waals surface area contributed by atoms with Gasteiger partial charge in [-0.25, -0.2) is 4.39 Å². The maximum atomic E-state index is 13.1. The molecule has 2 unspecified atom stereocenters. The molecular weight excluding hydrogens is 267 g/mol. The zero-order chi connectivity index (χ0) is 14.3. The third kappa shape index (κ3) is 5.07. The third-order valence-electron chi connectivity index (χ3n) is 3.06. The van der Waals surface area contributed by atoms with E-state index in [0.29, 0.717) is 13.0 Å². The molecule has 0 spiro atoms. The van der Waals surface area contributed by atoms with E-state index in [0.717, 1.165) is 18.4 Å². The van der Waals surface area contributed by atoms with Crippen molar-refractivity contribution < 1.29 is 9.13 Å². The number of ether oxygens (including phenoxy) is 1. The van der Waals surface area contributed by atoms with Gasteiger partial charge >= 0.3 is 0 Å². The summed E-state index contributed by atoms with van der Waals surface area (Å²) in [7, 11) is 0. The summed E-state index contributed by atoms with van der Waals surface area (Å²) < 4.78 is 18.8. The van der Waals surface area contributed by atoms with E-state index in [4.69, 9.17) is 22.2 Å². The second-order valence-electron chi connectivity index (χ2n) is 4.51. The fraction of sp³-hybridized carbons (Fsp3) is 0.571. The third-order valence-corrected chi connectivity index (χ3v) is 3.35. The molecule has 0 aliphatic rings. The average Bonchev–Trinajstić information content (AvgIpc) is 2.40.